The Bertz CT molecular complexity index is 841. The van der Waals surface area contributed by atoms with E-state index in [1.54, 1.807) is 18.4 Å². The Hall–Kier alpha value is -2.38. The summed E-state index contributed by atoms with van der Waals surface area (Å²) in [4.78, 5) is 10.4. The van der Waals surface area contributed by atoms with Gasteiger partial charge in [-0.05, 0) is 30.5 Å². The number of aromatic nitrogens is 2. The van der Waals surface area contributed by atoms with Gasteiger partial charge in [-0.25, -0.2) is 0 Å². The highest BCUT2D eigenvalue weighted by Crippen LogP contribution is 2.30. The lowest BCUT2D eigenvalue weighted by molar-refractivity contribution is 0.164. The standard InChI is InChI=1S/C19H22N4O2S/c1-14(19-20-18(21-25-19)17-8-5-13-26-17)22-9-11-23(12-10-22)15-6-3-4-7-16(15)24-2/h3-8,13-14H,9-12H2,1-2H3. The fraction of sp³-hybridized carbons (Fsp3) is 0.368. The van der Waals surface area contributed by atoms with E-state index >= 15 is 0 Å². The monoisotopic (exact) mass is 370 g/mol. The summed E-state index contributed by atoms with van der Waals surface area (Å²) in [5, 5.41) is 6.15. The van der Waals surface area contributed by atoms with Crippen LogP contribution in [0.25, 0.3) is 10.7 Å². The fourth-order valence-electron chi connectivity index (χ4n) is 3.31. The maximum Gasteiger partial charge on any atom is 0.244 e. The van der Waals surface area contributed by atoms with Gasteiger partial charge in [0, 0.05) is 26.2 Å². The van der Waals surface area contributed by atoms with E-state index in [1.807, 2.05) is 29.6 Å². The molecule has 0 aliphatic carbocycles. The number of piperazine rings is 1. The van der Waals surface area contributed by atoms with Gasteiger partial charge in [-0.1, -0.05) is 23.4 Å². The molecule has 0 spiro atoms. The van der Waals surface area contributed by atoms with Crippen molar-refractivity contribution in [1.29, 1.82) is 0 Å². The lowest BCUT2D eigenvalue weighted by Gasteiger charge is -2.38. The van der Waals surface area contributed by atoms with Crippen LogP contribution in [-0.2, 0) is 0 Å². The zero-order valence-electron chi connectivity index (χ0n) is 15.0. The van der Waals surface area contributed by atoms with Crippen molar-refractivity contribution in [3.8, 4) is 16.5 Å². The zero-order valence-corrected chi connectivity index (χ0v) is 15.8. The van der Waals surface area contributed by atoms with Gasteiger partial charge in [0.1, 0.15) is 5.75 Å². The Kier molecular flexibility index (Phi) is 4.90. The summed E-state index contributed by atoms with van der Waals surface area (Å²) in [7, 11) is 1.72. The molecular weight excluding hydrogens is 348 g/mol. The van der Waals surface area contributed by atoms with Crippen LogP contribution in [0.5, 0.6) is 5.75 Å². The Labute approximate surface area is 157 Å². The molecule has 1 fully saturated rings. The van der Waals surface area contributed by atoms with Crippen LogP contribution >= 0.6 is 11.3 Å². The molecule has 1 aliphatic rings. The Balaban J connectivity index is 1.41. The SMILES string of the molecule is COc1ccccc1N1CCN(C(C)c2nc(-c3cccs3)no2)CC1. The smallest absolute Gasteiger partial charge is 0.244 e. The van der Waals surface area contributed by atoms with Crippen molar-refractivity contribution in [3.63, 3.8) is 0 Å². The van der Waals surface area contributed by atoms with Gasteiger partial charge in [0.25, 0.3) is 0 Å². The van der Waals surface area contributed by atoms with Crippen LogP contribution in [0.2, 0.25) is 0 Å². The fourth-order valence-corrected chi connectivity index (χ4v) is 3.96. The molecule has 0 radical (unpaired) electrons. The molecule has 136 valence electrons. The first-order chi connectivity index (χ1) is 12.8. The molecule has 6 nitrogen and oxygen atoms in total. The lowest BCUT2D eigenvalue weighted by atomic mass is 10.2. The predicted molar refractivity (Wildman–Crippen MR) is 103 cm³/mol. The Morgan fingerprint density at radius 2 is 1.92 bits per heavy atom. The number of hydrogen-bond donors (Lipinski definition) is 0. The van der Waals surface area contributed by atoms with Crippen molar-refractivity contribution < 1.29 is 9.26 Å². The van der Waals surface area contributed by atoms with Gasteiger partial charge >= 0.3 is 0 Å². The highest BCUT2D eigenvalue weighted by Gasteiger charge is 2.27. The van der Waals surface area contributed by atoms with Crippen molar-refractivity contribution in [3.05, 3.63) is 47.7 Å². The number of rotatable bonds is 5. The van der Waals surface area contributed by atoms with Crippen LogP contribution in [0, 0.1) is 0 Å². The van der Waals surface area contributed by atoms with Gasteiger partial charge in [0.15, 0.2) is 0 Å². The second-order valence-electron chi connectivity index (χ2n) is 6.30. The molecule has 0 saturated carbocycles. The van der Waals surface area contributed by atoms with Crippen LogP contribution in [0.3, 0.4) is 0 Å². The number of para-hydroxylation sites is 2. The minimum atomic E-state index is 0.107. The maximum atomic E-state index is 5.52. The molecule has 1 aromatic carbocycles. The molecule has 0 amide bonds. The summed E-state index contributed by atoms with van der Waals surface area (Å²) in [5.74, 6) is 2.28. The molecule has 26 heavy (non-hydrogen) atoms. The molecule has 2 aromatic heterocycles. The van der Waals surface area contributed by atoms with Crippen molar-refractivity contribution in [2.45, 2.75) is 13.0 Å². The molecular formula is C19H22N4O2S. The second-order valence-corrected chi connectivity index (χ2v) is 7.25. The number of thiophene rings is 1. The van der Waals surface area contributed by atoms with E-state index in [9.17, 15) is 0 Å². The lowest BCUT2D eigenvalue weighted by Crippen LogP contribution is -2.47. The summed E-state index contributed by atoms with van der Waals surface area (Å²) in [6.45, 7) is 5.89. The van der Waals surface area contributed by atoms with Crippen LogP contribution in [-0.4, -0.2) is 48.3 Å². The third-order valence-corrected chi connectivity index (χ3v) is 5.69. The highest BCUT2D eigenvalue weighted by molar-refractivity contribution is 7.13. The molecule has 0 N–H and O–H groups in total. The average Bonchev–Trinajstić information content (AvgIpc) is 3.39. The van der Waals surface area contributed by atoms with Crippen molar-refractivity contribution >= 4 is 17.0 Å². The Morgan fingerprint density at radius 1 is 1.12 bits per heavy atom. The summed E-state index contributed by atoms with van der Waals surface area (Å²) in [5.41, 5.74) is 1.15. The van der Waals surface area contributed by atoms with Gasteiger partial charge in [-0.3, -0.25) is 4.90 Å². The third-order valence-electron chi connectivity index (χ3n) is 4.83. The first-order valence-electron chi connectivity index (χ1n) is 8.76. The zero-order chi connectivity index (χ0) is 17.9. The summed E-state index contributed by atoms with van der Waals surface area (Å²) < 4.78 is 11.0. The van der Waals surface area contributed by atoms with Gasteiger partial charge in [0.2, 0.25) is 11.7 Å². The first-order valence-corrected chi connectivity index (χ1v) is 9.63. The van der Waals surface area contributed by atoms with E-state index in [4.69, 9.17) is 9.26 Å². The normalized spacial score (nSPS) is 16.6. The largest absolute Gasteiger partial charge is 0.495 e. The van der Waals surface area contributed by atoms with E-state index in [1.165, 1.54) is 0 Å². The van der Waals surface area contributed by atoms with E-state index in [0.717, 1.165) is 42.5 Å². The minimum Gasteiger partial charge on any atom is -0.495 e. The third kappa shape index (κ3) is 3.32. The summed E-state index contributed by atoms with van der Waals surface area (Å²) >= 11 is 1.62. The number of benzene rings is 1. The quantitative estimate of drug-likeness (QED) is 0.683. The van der Waals surface area contributed by atoms with Gasteiger partial charge in [0.05, 0.1) is 23.7 Å². The van der Waals surface area contributed by atoms with Crippen molar-refractivity contribution in [2.75, 3.05) is 38.2 Å². The number of methoxy groups -OCH3 is 1. The van der Waals surface area contributed by atoms with E-state index in [-0.39, 0.29) is 6.04 Å². The van der Waals surface area contributed by atoms with Crippen LogP contribution < -0.4 is 9.64 Å². The van der Waals surface area contributed by atoms with E-state index < -0.39 is 0 Å². The van der Waals surface area contributed by atoms with Crippen LogP contribution in [0.4, 0.5) is 5.69 Å². The molecule has 0 bridgehead atoms. The van der Waals surface area contributed by atoms with E-state index in [0.29, 0.717) is 11.7 Å². The topological polar surface area (TPSA) is 54.6 Å². The highest BCUT2D eigenvalue weighted by atomic mass is 32.1. The van der Waals surface area contributed by atoms with Crippen molar-refractivity contribution in [1.82, 2.24) is 15.0 Å². The minimum absolute atomic E-state index is 0.107. The second kappa shape index (κ2) is 7.47. The van der Waals surface area contributed by atoms with E-state index in [2.05, 4.69) is 39.0 Å². The number of anilines is 1. The molecule has 3 aromatic rings. The van der Waals surface area contributed by atoms with Gasteiger partial charge < -0.3 is 14.2 Å². The first kappa shape index (κ1) is 17.1. The molecule has 1 unspecified atom stereocenters. The summed E-state index contributed by atoms with van der Waals surface area (Å²) in [6, 6.07) is 12.3. The predicted octanol–water partition coefficient (Wildman–Crippen LogP) is 3.69. The number of ether oxygens (including phenoxy) is 1. The van der Waals surface area contributed by atoms with Gasteiger partial charge in [-0.2, -0.15) is 4.98 Å². The molecule has 4 rings (SSSR count). The summed E-state index contributed by atoms with van der Waals surface area (Å²) in [6.07, 6.45) is 0. The number of hydrogen-bond acceptors (Lipinski definition) is 7. The maximum absolute atomic E-state index is 5.52. The molecule has 3 heterocycles. The van der Waals surface area contributed by atoms with Gasteiger partial charge in [-0.15, -0.1) is 11.3 Å². The van der Waals surface area contributed by atoms with Crippen LogP contribution in [0.1, 0.15) is 18.9 Å². The Morgan fingerprint density at radius 3 is 2.65 bits per heavy atom. The molecule has 7 heteroatoms. The van der Waals surface area contributed by atoms with Crippen molar-refractivity contribution in [2.24, 2.45) is 0 Å². The number of nitrogens with zero attached hydrogens (tertiary/aromatic N) is 4. The molecule has 1 saturated heterocycles. The molecule has 1 atom stereocenters. The molecule has 1 aliphatic heterocycles. The average molecular weight is 370 g/mol. The van der Waals surface area contributed by atoms with Crippen LogP contribution in [0.15, 0.2) is 46.3 Å².